The second-order valence-corrected chi connectivity index (χ2v) is 3.72. The first-order valence-electron chi connectivity index (χ1n) is 4.15. The fourth-order valence-corrected chi connectivity index (χ4v) is 1.51. The van der Waals surface area contributed by atoms with Gasteiger partial charge in [0.05, 0.1) is 0 Å². The van der Waals surface area contributed by atoms with E-state index in [0.717, 1.165) is 17.4 Å². The van der Waals surface area contributed by atoms with Gasteiger partial charge in [-0.25, -0.2) is 0 Å². The minimum Gasteiger partial charge on any atom is -0.399 e. The van der Waals surface area contributed by atoms with Crippen LogP contribution >= 0.6 is 15.9 Å². The third kappa shape index (κ3) is 2.24. The molecule has 0 saturated carbocycles. The molecule has 12 heavy (non-hydrogen) atoms. The minimum atomic E-state index is 0.905. The highest BCUT2D eigenvalue weighted by atomic mass is 79.9. The number of halogens is 1. The van der Waals surface area contributed by atoms with Crippen LogP contribution in [-0.4, -0.2) is 5.33 Å². The Balaban J connectivity index is 2.78. The van der Waals surface area contributed by atoms with Crippen LogP contribution in [-0.2, 0) is 6.42 Å². The SMILES string of the molecule is Cc1c(N)cccc1CCCBr. The molecule has 0 spiro atoms. The molecule has 0 saturated heterocycles. The number of nitrogens with two attached hydrogens (primary N) is 1. The molecule has 0 radical (unpaired) electrons. The monoisotopic (exact) mass is 227 g/mol. The smallest absolute Gasteiger partial charge is 0.0346 e. The van der Waals surface area contributed by atoms with Crippen molar-refractivity contribution in [2.45, 2.75) is 19.8 Å². The predicted octanol–water partition coefficient (Wildman–Crippen LogP) is 2.90. The van der Waals surface area contributed by atoms with Crippen LogP contribution in [0, 0.1) is 6.92 Å². The molecule has 0 aliphatic heterocycles. The Morgan fingerprint density at radius 2 is 2.17 bits per heavy atom. The summed E-state index contributed by atoms with van der Waals surface area (Å²) < 4.78 is 0. The first-order chi connectivity index (χ1) is 5.75. The standard InChI is InChI=1S/C10H14BrN/c1-8-9(5-3-7-11)4-2-6-10(8)12/h2,4,6H,3,5,7,12H2,1H3. The van der Waals surface area contributed by atoms with Crippen LogP contribution in [0.1, 0.15) is 17.5 Å². The Labute approximate surface area is 82.1 Å². The average molecular weight is 228 g/mol. The normalized spacial score (nSPS) is 10.2. The van der Waals surface area contributed by atoms with E-state index in [1.165, 1.54) is 17.5 Å². The summed E-state index contributed by atoms with van der Waals surface area (Å²) in [5.74, 6) is 0. The molecule has 2 N–H and O–H groups in total. The van der Waals surface area contributed by atoms with Crippen molar-refractivity contribution < 1.29 is 0 Å². The Bertz CT molecular complexity index is 258. The van der Waals surface area contributed by atoms with Crippen molar-refractivity contribution in [2.75, 3.05) is 11.1 Å². The highest BCUT2D eigenvalue weighted by Crippen LogP contribution is 2.16. The Hall–Kier alpha value is -0.500. The van der Waals surface area contributed by atoms with Gasteiger partial charge in [0.1, 0.15) is 0 Å². The van der Waals surface area contributed by atoms with Gasteiger partial charge in [0.25, 0.3) is 0 Å². The number of hydrogen-bond acceptors (Lipinski definition) is 1. The molecular formula is C10H14BrN. The van der Waals surface area contributed by atoms with Gasteiger partial charge in [-0.1, -0.05) is 28.1 Å². The maximum absolute atomic E-state index is 5.78. The van der Waals surface area contributed by atoms with Crippen LogP contribution in [0.5, 0.6) is 0 Å². The fourth-order valence-electron chi connectivity index (χ4n) is 1.23. The van der Waals surface area contributed by atoms with Gasteiger partial charge in [0, 0.05) is 11.0 Å². The zero-order chi connectivity index (χ0) is 8.97. The third-order valence-electron chi connectivity index (χ3n) is 2.07. The molecule has 0 fully saturated rings. The first kappa shape index (κ1) is 9.59. The molecule has 0 unspecified atom stereocenters. The van der Waals surface area contributed by atoms with Crippen molar-refractivity contribution in [1.29, 1.82) is 0 Å². The van der Waals surface area contributed by atoms with E-state index in [0.29, 0.717) is 0 Å². The lowest BCUT2D eigenvalue weighted by Gasteiger charge is -2.06. The van der Waals surface area contributed by atoms with Crippen molar-refractivity contribution in [3.05, 3.63) is 29.3 Å². The number of hydrogen-bond donors (Lipinski definition) is 1. The summed E-state index contributed by atoms with van der Waals surface area (Å²) in [7, 11) is 0. The van der Waals surface area contributed by atoms with Crippen molar-refractivity contribution in [1.82, 2.24) is 0 Å². The molecule has 1 aromatic carbocycles. The van der Waals surface area contributed by atoms with Gasteiger partial charge in [0.15, 0.2) is 0 Å². The number of alkyl halides is 1. The van der Waals surface area contributed by atoms with Gasteiger partial charge in [0.2, 0.25) is 0 Å². The molecule has 0 bridgehead atoms. The van der Waals surface area contributed by atoms with Gasteiger partial charge in [-0.3, -0.25) is 0 Å². The minimum absolute atomic E-state index is 0.905. The Morgan fingerprint density at radius 3 is 2.83 bits per heavy atom. The van der Waals surface area contributed by atoms with Gasteiger partial charge < -0.3 is 5.73 Å². The quantitative estimate of drug-likeness (QED) is 0.624. The van der Waals surface area contributed by atoms with E-state index in [4.69, 9.17) is 5.73 Å². The van der Waals surface area contributed by atoms with Crippen LogP contribution < -0.4 is 5.73 Å². The number of aryl methyl sites for hydroxylation is 1. The third-order valence-corrected chi connectivity index (χ3v) is 2.63. The first-order valence-corrected chi connectivity index (χ1v) is 5.27. The molecule has 0 aliphatic rings. The van der Waals surface area contributed by atoms with Crippen LogP contribution in [0.3, 0.4) is 0 Å². The fraction of sp³-hybridized carbons (Fsp3) is 0.400. The van der Waals surface area contributed by atoms with Gasteiger partial charge in [-0.15, -0.1) is 0 Å². The molecule has 1 rings (SSSR count). The lowest BCUT2D eigenvalue weighted by atomic mass is 10.0. The van der Waals surface area contributed by atoms with Crippen LogP contribution in [0.15, 0.2) is 18.2 Å². The lowest BCUT2D eigenvalue weighted by Crippen LogP contribution is -1.95. The van der Waals surface area contributed by atoms with E-state index in [2.05, 4.69) is 28.9 Å². The van der Waals surface area contributed by atoms with Crippen LogP contribution in [0.25, 0.3) is 0 Å². The van der Waals surface area contributed by atoms with Crippen LogP contribution in [0.2, 0.25) is 0 Å². The molecule has 0 atom stereocenters. The maximum Gasteiger partial charge on any atom is 0.0346 e. The number of nitrogen functional groups attached to an aromatic ring is 1. The molecule has 66 valence electrons. The molecular weight excluding hydrogens is 214 g/mol. The van der Waals surface area contributed by atoms with E-state index in [-0.39, 0.29) is 0 Å². The number of anilines is 1. The second kappa shape index (κ2) is 4.51. The van der Waals surface area contributed by atoms with Crippen molar-refractivity contribution in [3.63, 3.8) is 0 Å². The number of benzene rings is 1. The second-order valence-electron chi connectivity index (χ2n) is 2.92. The highest BCUT2D eigenvalue weighted by Gasteiger charge is 1.99. The maximum atomic E-state index is 5.78. The van der Waals surface area contributed by atoms with Crippen LogP contribution in [0.4, 0.5) is 5.69 Å². The summed E-state index contributed by atoms with van der Waals surface area (Å²) in [5, 5.41) is 1.06. The van der Waals surface area contributed by atoms with E-state index in [1.807, 2.05) is 12.1 Å². The zero-order valence-electron chi connectivity index (χ0n) is 7.31. The lowest BCUT2D eigenvalue weighted by molar-refractivity contribution is 0.930. The summed E-state index contributed by atoms with van der Waals surface area (Å²) >= 11 is 3.42. The molecule has 1 nitrogen and oxygen atoms in total. The molecule has 0 amide bonds. The van der Waals surface area contributed by atoms with E-state index in [9.17, 15) is 0 Å². The van der Waals surface area contributed by atoms with E-state index < -0.39 is 0 Å². The van der Waals surface area contributed by atoms with E-state index in [1.54, 1.807) is 0 Å². The number of rotatable bonds is 3. The summed E-state index contributed by atoms with van der Waals surface area (Å²) in [6, 6.07) is 6.12. The van der Waals surface area contributed by atoms with Gasteiger partial charge in [-0.05, 0) is 37.0 Å². The Morgan fingerprint density at radius 1 is 1.42 bits per heavy atom. The summed E-state index contributed by atoms with van der Waals surface area (Å²) in [4.78, 5) is 0. The molecule has 0 heterocycles. The Kier molecular flexibility index (Phi) is 3.60. The highest BCUT2D eigenvalue weighted by molar-refractivity contribution is 9.09. The summed E-state index contributed by atoms with van der Waals surface area (Å²) in [6.45, 7) is 2.08. The van der Waals surface area contributed by atoms with Crippen molar-refractivity contribution in [2.24, 2.45) is 0 Å². The van der Waals surface area contributed by atoms with Gasteiger partial charge >= 0.3 is 0 Å². The molecule has 2 heteroatoms. The summed E-state index contributed by atoms with van der Waals surface area (Å²) in [6.07, 6.45) is 2.28. The molecule has 1 aromatic rings. The summed E-state index contributed by atoms with van der Waals surface area (Å²) in [5.41, 5.74) is 9.29. The molecule has 0 aliphatic carbocycles. The molecule has 0 aromatic heterocycles. The largest absolute Gasteiger partial charge is 0.399 e. The van der Waals surface area contributed by atoms with E-state index >= 15 is 0 Å². The predicted molar refractivity (Wildman–Crippen MR) is 57.7 cm³/mol. The average Bonchev–Trinajstić information content (AvgIpc) is 2.08. The van der Waals surface area contributed by atoms with Crippen molar-refractivity contribution in [3.8, 4) is 0 Å². The zero-order valence-corrected chi connectivity index (χ0v) is 8.89. The topological polar surface area (TPSA) is 26.0 Å². The van der Waals surface area contributed by atoms with Gasteiger partial charge in [-0.2, -0.15) is 0 Å². The van der Waals surface area contributed by atoms with Crippen molar-refractivity contribution >= 4 is 21.6 Å².